The summed E-state index contributed by atoms with van der Waals surface area (Å²) < 4.78 is 26.0. The molecule has 2 N–H and O–H groups in total. The van der Waals surface area contributed by atoms with Crippen LogP contribution < -0.4 is 0 Å². The van der Waals surface area contributed by atoms with Gasteiger partial charge in [0.1, 0.15) is 0 Å². The van der Waals surface area contributed by atoms with E-state index in [1.807, 2.05) is 0 Å². The number of aliphatic hydroxyl groups is 2. The van der Waals surface area contributed by atoms with Crippen LogP contribution in [0.4, 0.5) is 0 Å². The molecule has 0 amide bonds. The predicted octanol–water partition coefficient (Wildman–Crippen LogP) is -0.158. The molecule has 0 fully saturated rings. The van der Waals surface area contributed by atoms with Gasteiger partial charge in [0.25, 0.3) is 0 Å². The van der Waals surface area contributed by atoms with Gasteiger partial charge in [-0.25, -0.2) is 8.42 Å². The Morgan fingerprint density at radius 3 is 1.92 bits per heavy atom. The SMILES string of the molecule is CC(C)S(=O)(=O)[N-]C(C)(CO)CO. The maximum absolute atomic E-state index is 11.3. The first-order valence-electron chi connectivity index (χ1n) is 3.97. The normalized spacial score (nSPS) is 13.7. The van der Waals surface area contributed by atoms with Gasteiger partial charge < -0.3 is 14.9 Å². The van der Waals surface area contributed by atoms with E-state index in [0.717, 1.165) is 0 Å². The Morgan fingerprint density at radius 1 is 1.31 bits per heavy atom. The van der Waals surface area contributed by atoms with Crippen LogP contribution in [-0.4, -0.2) is 42.6 Å². The maximum atomic E-state index is 11.3. The van der Waals surface area contributed by atoms with Gasteiger partial charge in [-0.15, -0.1) is 0 Å². The summed E-state index contributed by atoms with van der Waals surface area (Å²) in [5.41, 5.74) is -1.30. The Morgan fingerprint density at radius 2 is 1.69 bits per heavy atom. The molecule has 0 unspecified atom stereocenters. The van der Waals surface area contributed by atoms with Crippen molar-refractivity contribution in [2.75, 3.05) is 13.2 Å². The molecule has 80 valence electrons. The topological polar surface area (TPSA) is 88.7 Å². The molecule has 0 aliphatic rings. The van der Waals surface area contributed by atoms with Gasteiger partial charge in [0, 0.05) is 18.5 Å². The van der Waals surface area contributed by atoms with E-state index in [0.29, 0.717) is 0 Å². The number of nitrogens with zero attached hydrogens (tertiary/aromatic N) is 1. The van der Waals surface area contributed by atoms with Crippen LogP contribution >= 0.6 is 0 Å². The Kier molecular flexibility index (Phi) is 4.31. The van der Waals surface area contributed by atoms with Crippen molar-refractivity contribution in [2.24, 2.45) is 0 Å². The van der Waals surface area contributed by atoms with E-state index in [-0.39, 0.29) is 0 Å². The smallest absolute Gasteiger partial charge is 0.0750 e. The highest BCUT2D eigenvalue weighted by Crippen LogP contribution is 2.22. The van der Waals surface area contributed by atoms with Gasteiger partial charge in [0.15, 0.2) is 0 Å². The number of hydrogen-bond acceptors (Lipinski definition) is 4. The fourth-order valence-corrected chi connectivity index (χ4v) is 1.46. The van der Waals surface area contributed by atoms with Crippen LogP contribution in [-0.2, 0) is 10.0 Å². The summed E-state index contributed by atoms with van der Waals surface area (Å²) in [5.74, 6) is 0. The third kappa shape index (κ3) is 3.60. The molecule has 0 aliphatic heterocycles. The van der Waals surface area contributed by atoms with E-state index < -0.39 is 34.0 Å². The molecule has 0 bridgehead atoms. The summed E-state index contributed by atoms with van der Waals surface area (Å²) in [7, 11) is -3.58. The molecule has 0 saturated heterocycles. The van der Waals surface area contributed by atoms with Crippen molar-refractivity contribution in [1.82, 2.24) is 0 Å². The first-order valence-corrected chi connectivity index (χ1v) is 5.47. The van der Waals surface area contributed by atoms with Crippen molar-refractivity contribution in [3.05, 3.63) is 4.72 Å². The van der Waals surface area contributed by atoms with Crippen molar-refractivity contribution in [3.8, 4) is 0 Å². The lowest BCUT2D eigenvalue weighted by molar-refractivity contribution is 0.156. The van der Waals surface area contributed by atoms with Crippen LogP contribution in [0.5, 0.6) is 0 Å². The van der Waals surface area contributed by atoms with E-state index in [1.54, 1.807) is 0 Å². The molecule has 0 spiro atoms. The second kappa shape index (κ2) is 4.36. The zero-order chi connectivity index (χ0) is 10.7. The Balaban J connectivity index is 4.60. The van der Waals surface area contributed by atoms with Gasteiger partial charge in [-0.1, -0.05) is 26.3 Å². The monoisotopic (exact) mass is 210 g/mol. The fourth-order valence-electron chi connectivity index (χ4n) is 0.520. The van der Waals surface area contributed by atoms with E-state index in [4.69, 9.17) is 10.2 Å². The van der Waals surface area contributed by atoms with E-state index in [1.165, 1.54) is 20.8 Å². The standard InChI is InChI=1S/C7H16NO4S/c1-6(2)13(11,12)8-7(3,4-9)5-10/h6,9-10H,4-5H2,1-3H3/q-1. The van der Waals surface area contributed by atoms with Crippen LogP contribution in [0.15, 0.2) is 0 Å². The van der Waals surface area contributed by atoms with Crippen LogP contribution in [0.25, 0.3) is 4.72 Å². The molecule has 0 aliphatic carbocycles. The third-order valence-electron chi connectivity index (χ3n) is 1.62. The molecule has 6 heteroatoms. The van der Waals surface area contributed by atoms with Crippen molar-refractivity contribution >= 4 is 10.0 Å². The molecule has 0 saturated carbocycles. The summed E-state index contributed by atoms with van der Waals surface area (Å²) in [5, 5.41) is 17.0. The molecule has 0 radical (unpaired) electrons. The number of hydrogen-bond donors (Lipinski definition) is 2. The van der Waals surface area contributed by atoms with Gasteiger partial charge in [-0.3, -0.25) is 0 Å². The summed E-state index contributed by atoms with van der Waals surface area (Å²) >= 11 is 0. The van der Waals surface area contributed by atoms with Gasteiger partial charge in [0.2, 0.25) is 0 Å². The molecule has 0 aromatic carbocycles. The fraction of sp³-hybridized carbons (Fsp3) is 1.00. The predicted molar refractivity (Wildman–Crippen MR) is 50.0 cm³/mol. The minimum absolute atomic E-state index is 0.491. The van der Waals surface area contributed by atoms with Crippen LogP contribution in [0.1, 0.15) is 20.8 Å². The summed E-state index contributed by atoms with van der Waals surface area (Å²) in [6, 6.07) is 0. The summed E-state index contributed by atoms with van der Waals surface area (Å²) in [6.07, 6.45) is 0. The highest BCUT2D eigenvalue weighted by Gasteiger charge is 2.17. The Bertz CT molecular complexity index is 243. The lowest BCUT2D eigenvalue weighted by atomic mass is 10.1. The molecular formula is C7H16NO4S-. The third-order valence-corrected chi connectivity index (χ3v) is 3.51. The minimum Gasteiger partial charge on any atom is -0.540 e. The molecule has 13 heavy (non-hydrogen) atoms. The Hall–Kier alpha value is -0.170. The first kappa shape index (κ1) is 12.8. The average molecular weight is 210 g/mol. The molecule has 0 aromatic rings. The number of sulfonamides is 1. The van der Waals surface area contributed by atoms with Crippen molar-refractivity contribution in [3.63, 3.8) is 0 Å². The maximum Gasteiger partial charge on any atom is 0.0750 e. The summed E-state index contributed by atoms with van der Waals surface area (Å²) in [4.78, 5) is 0. The van der Waals surface area contributed by atoms with Crippen molar-refractivity contribution in [2.45, 2.75) is 31.6 Å². The lowest BCUT2D eigenvalue weighted by Gasteiger charge is -2.40. The average Bonchev–Trinajstić information content (AvgIpc) is 2.03. The quantitative estimate of drug-likeness (QED) is 0.660. The largest absolute Gasteiger partial charge is 0.540 e. The zero-order valence-corrected chi connectivity index (χ0v) is 8.87. The zero-order valence-electron chi connectivity index (χ0n) is 8.06. The first-order chi connectivity index (χ1) is 5.77. The van der Waals surface area contributed by atoms with Crippen LogP contribution in [0, 0.1) is 0 Å². The van der Waals surface area contributed by atoms with Gasteiger partial charge in [0.05, 0.1) is 10.0 Å². The highest BCUT2D eigenvalue weighted by atomic mass is 32.2. The molecule has 0 atom stereocenters. The van der Waals surface area contributed by atoms with E-state index in [2.05, 4.69) is 4.72 Å². The van der Waals surface area contributed by atoms with E-state index in [9.17, 15) is 8.42 Å². The second-order valence-electron chi connectivity index (χ2n) is 3.47. The second-order valence-corrected chi connectivity index (χ2v) is 5.62. The number of aliphatic hydroxyl groups excluding tert-OH is 2. The number of rotatable bonds is 5. The van der Waals surface area contributed by atoms with Gasteiger partial charge in [-0.2, -0.15) is 0 Å². The van der Waals surface area contributed by atoms with Crippen LogP contribution in [0.3, 0.4) is 0 Å². The van der Waals surface area contributed by atoms with Crippen LogP contribution in [0.2, 0.25) is 0 Å². The lowest BCUT2D eigenvalue weighted by Crippen LogP contribution is -2.36. The Labute approximate surface area is 78.8 Å². The highest BCUT2D eigenvalue weighted by molar-refractivity contribution is 7.94. The molecule has 5 nitrogen and oxygen atoms in total. The van der Waals surface area contributed by atoms with E-state index >= 15 is 0 Å². The van der Waals surface area contributed by atoms with Gasteiger partial charge in [-0.05, 0) is 0 Å². The van der Waals surface area contributed by atoms with Crippen molar-refractivity contribution in [1.29, 1.82) is 0 Å². The molecular weight excluding hydrogens is 194 g/mol. The minimum atomic E-state index is -3.58. The molecule has 0 rings (SSSR count). The van der Waals surface area contributed by atoms with Crippen molar-refractivity contribution < 1.29 is 18.6 Å². The molecule has 0 aromatic heterocycles. The molecule has 0 heterocycles. The summed E-state index contributed by atoms with van der Waals surface area (Å²) in [6.45, 7) is 3.39. The van der Waals surface area contributed by atoms with Gasteiger partial charge >= 0.3 is 0 Å².